The van der Waals surface area contributed by atoms with Crippen molar-refractivity contribution in [1.29, 1.82) is 0 Å². The summed E-state index contributed by atoms with van der Waals surface area (Å²) in [6, 6.07) is 19.7. The van der Waals surface area contributed by atoms with Gasteiger partial charge in [-0.15, -0.1) is 0 Å². The largest absolute Gasteiger partial charge is 0.422 e. The first kappa shape index (κ1) is 24.6. The third kappa shape index (κ3) is 5.19. The number of ether oxygens (including phenoxy) is 1. The molecule has 0 aliphatic heterocycles. The molecule has 2 aromatic carbocycles. The number of benzene rings is 2. The van der Waals surface area contributed by atoms with Gasteiger partial charge in [0.1, 0.15) is 22.9 Å². The van der Waals surface area contributed by atoms with E-state index in [-0.39, 0.29) is 11.4 Å². The van der Waals surface area contributed by atoms with Crippen molar-refractivity contribution in [1.82, 2.24) is 9.38 Å². The van der Waals surface area contributed by atoms with Gasteiger partial charge in [0.2, 0.25) is 0 Å². The lowest BCUT2D eigenvalue weighted by atomic mass is 9.87. The third-order valence-electron chi connectivity index (χ3n) is 6.86. The molecule has 0 spiro atoms. The molecule has 0 unspecified atom stereocenters. The Morgan fingerprint density at radius 1 is 1.00 bits per heavy atom. The van der Waals surface area contributed by atoms with Gasteiger partial charge < -0.3 is 10.1 Å². The molecule has 1 aliphatic rings. The number of fused-ring (bicyclic) bond motifs is 1. The Hall–Kier alpha value is -3.12. The van der Waals surface area contributed by atoms with Crippen LogP contribution < -0.4 is 10.1 Å². The van der Waals surface area contributed by atoms with E-state index in [0.717, 1.165) is 40.0 Å². The van der Waals surface area contributed by atoms with E-state index >= 15 is 0 Å². The lowest BCUT2D eigenvalue weighted by Gasteiger charge is -2.24. The van der Waals surface area contributed by atoms with Crippen molar-refractivity contribution in [3.63, 3.8) is 0 Å². The molecule has 1 N–H and O–H groups in total. The van der Waals surface area contributed by atoms with E-state index in [9.17, 15) is 4.79 Å². The zero-order valence-electron chi connectivity index (χ0n) is 21.1. The van der Waals surface area contributed by atoms with Crippen LogP contribution in [0.25, 0.3) is 16.9 Å². The van der Waals surface area contributed by atoms with Crippen LogP contribution in [0.5, 0.6) is 5.75 Å². The summed E-state index contributed by atoms with van der Waals surface area (Å²) >= 11 is 3.60. The Kier molecular flexibility index (Phi) is 6.89. The molecule has 1 fully saturated rings. The fraction of sp³-hybridized carbons (Fsp3) is 0.333. The van der Waals surface area contributed by atoms with Crippen LogP contribution in [0.3, 0.4) is 0 Å². The molecule has 0 saturated heterocycles. The van der Waals surface area contributed by atoms with Gasteiger partial charge in [-0.1, -0.05) is 64.3 Å². The summed E-state index contributed by atoms with van der Waals surface area (Å²) in [5, 5.41) is 3.77. The van der Waals surface area contributed by atoms with Crippen LogP contribution in [0.4, 0.5) is 5.82 Å². The van der Waals surface area contributed by atoms with Crippen molar-refractivity contribution in [2.75, 3.05) is 5.32 Å². The van der Waals surface area contributed by atoms with Crippen molar-refractivity contribution < 1.29 is 9.53 Å². The lowest BCUT2D eigenvalue weighted by Crippen LogP contribution is -2.23. The summed E-state index contributed by atoms with van der Waals surface area (Å²) in [6.45, 7) is 6.47. The first-order chi connectivity index (χ1) is 17.3. The summed E-state index contributed by atoms with van der Waals surface area (Å²) in [4.78, 5) is 18.1. The summed E-state index contributed by atoms with van der Waals surface area (Å²) in [5.74, 6) is 1.05. The maximum Gasteiger partial charge on any atom is 0.343 e. The van der Waals surface area contributed by atoms with Crippen molar-refractivity contribution in [3.05, 3.63) is 82.5 Å². The molecule has 5 nitrogen and oxygen atoms in total. The number of halogens is 1. The molecule has 6 heteroatoms. The molecular formula is C30H32BrN3O2. The number of para-hydroxylation sites is 1. The Morgan fingerprint density at radius 3 is 2.44 bits per heavy atom. The lowest BCUT2D eigenvalue weighted by molar-refractivity contribution is 0.0735. The predicted molar refractivity (Wildman–Crippen MR) is 149 cm³/mol. The summed E-state index contributed by atoms with van der Waals surface area (Å²) in [6.07, 6.45) is 8.07. The molecular weight excluding hydrogens is 514 g/mol. The van der Waals surface area contributed by atoms with Crippen molar-refractivity contribution in [3.8, 4) is 17.0 Å². The minimum atomic E-state index is -0.379. The highest BCUT2D eigenvalue weighted by Crippen LogP contribution is 2.37. The number of rotatable bonds is 5. The van der Waals surface area contributed by atoms with Crippen LogP contribution in [0.1, 0.15) is 68.8 Å². The number of nitrogens with zero attached hydrogens (tertiary/aromatic N) is 2. The highest BCUT2D eigenvalue weighted by atomic mass is 79.9. The van der Waals surface area contributed by atoms with Gasteiger partial charge >= 0.3 is 5.97 Å². The van der Waals surface area contributed by atoms with E-state index in [4.69, 9.17) is 9.72 Å². The second-order valence-electron chi connectivity index (χ2n) is 10.6. The molecule has 2 heterocycles. The maximum atomic E-state index is 13.1. The number of anilines is 1. The first-order valence-electron chi connectivity index (χ1n) is 12.7. The van der Waals surface area contributed by atoms with Crippen molar-refractivity contribution in [2.24, 2.45) is 0 Å². The topological polar surface area (TPSA) is 55.6 Å². The fourth-order valence-corrected chi connectivity index (χ4v) is 5.14. The van der Waals surface area contributed by atoms with E-state index in [2.05, 4.69) is 46.4 Å². The van der Waals surface area contributed by atoms with Crippen LogP contribution in [0, 0.1) is 0 Å². The second kappa shape index (κ2) is 10.1. The quantitative estimate of drug-likeness (QED) is 0.203. The zero-order chi connectivity index (χ0) is 25.3. The van der Waals surface area contributed by atoms with Gasteiger partial charge in [-0.05, 0) is 76.1 Å². The van der Waals surface area contributed by atoms with Crippen LogP contribution in [-0.4, -0.2) is 21.4 Å². The number of pyridine rings is 1. The van der Waals surface area contributed by atoms with E-state index < -0.39 is 0 Å². The summed E-state index contributed by atoms with van der Waals surface area (Å²) in [7, 11) is 0. The number of carbonyl (C=O) groups excluding carboxylic acids is 1. The molecule has 36 heavy (non-hydrogen) atoms. The van der Waals surface area contributed by atoms with Gasteiger partial charge in [-0.25, -0.2) is 9.78 Å². The van der Waals surface area contributed by atoms with Crippen LogP contribution in [-0.2, 0) is 5.41 Å². The van der Waals surface area contributed by atoms with Gasteiger partial charge in [0.15, 0.2) is 0 Å². The van der Waals surface area contributed by atoms with Gasteiger partial charge in [-0.3, -0.25) is 4.40 Å². The Bertz CT molecular complexity index is 1380. The average molecular weight is 547 g/mol. The minimum Gasteiger partial charge on any atom is -0.422 e. The van der Waals surface area contributed by atoms with Gasteiger partial charge in [-0.2, -0.15) is 0 Å². The Morgan fingerprint density at radius 2 is 1.72 bits per heavy atom. The number of nitrogens with one attached hydrogen (secondary N) is 1. The van der Waals surface area contributed by atoms with Gasteiger partial charge in [0, 0.05) is 22.3 Å². The monoisotopic (exact) mass is 545 g/mol. The number of esters is 1. The van der Waals surface area contributed by atoms with Crippen LogP contribution in [0.2, 0.25) is 0 Å². The molecule has 2 aromatic heterocycles. The highest BCUT2D eigenvalue weighted by Gasteiger charge is 2.23. The standard InChI is InChI=1S/C30H32BrN3O2/c1-30(2,3)21-15-13-20(14-16-21)29(35)36-25-12-8-7-11-24(25)27-28(32-23-9-5-4-6-10-23)34-19-22(31)17-18-26(34)33-27/h7-8,11-19,23,32H,4-6,9-10H2,1-3H3. The van der Waals surface area contributed by atoms with E-state index in [1.165, 1.54) is 24.8 Å². The molecule has 4 aromatic rings. The van der Waals surface area contributed by atoms with E-state index in [1.54, 1.807) is 0 Å². The van der Waals surface area contributed by atoms with Gasteiger partial charge in [0.05, 0.1) is 5.56 Å². The highest BCUT2D eigenvalue weighted by molar-refractivity contribution is 9.10. The Balaban J connectivity index is 1.50. The third-order valence-corrected chi connectivity index (χ3v) is 7.33. The normalized spacial score (nSPS) is 14.7. The van der Waals surface area contributed by atoms with E-state index in [0.29, 0.717) is 17.4 Å². The number of hydrogen-bond acceptors (Lipinski definition) is 4. The second-order valence-corrected chi connectivity index (χ2v) is 11.5. The molecule has 1 saturated carbocycles. The zero-order valence-corrected chi connectivity index (χ0v) is 22.6. The SMILES string of the molecule is CC(C)(C)c1ccc(C(=O)Oc2ccccc2-c2nc3ccc(Br)cn3c2NC2CCCCC2)cc1. The molecule has 1 aliphatic carbocycles. The van der Waals surface area contributed by atoms with Crippen molar-refractivity contribution >= 4 is 33.4 Å². The summed E-state index contributed by atoms with van der Waals surface area (Å²) in [5.41, 5.74) is 4.13. The molecule has 0 radical (unpaired) electrons. The number of imidazole rings is 1. The number of carbonyl (C=O) groups is 1. The minimum absolute atomic E-state index is 0.0227. The Labute approximate surface area is 221 Å². The maximum absolute atomic E-state index is 13.1. The summed E-state index contributed by atoms with van der Waals surface area (Å²) < 4.78 is 9.01. The molecule has 5 rings (SSSR count). The molecule has 0 atom stereocenters. The smallest absolute Gasteiger partial charge is 0.343 e. The molecule has 0 amide bonds. The molecule has 0 bridgehead atoms. The van der Waals surface area contributed by atoms with Crippen LogP contribution in [0.15, 0.2) is 71.3 Å². The number of aromatic nitrogens is 2. The average Bonchev–Trinajstić information content (AvgIpc) is 3.21. The fourth-order valence-electron chi connectivity index (χ4n) is 4.80. The molecule has 186 valence electrons. The predicted octanol–water partition coefficient (Wildman–Crippen LogP) is 8.03. The van der Waals surface area contributed by atoms with Crippen LogP contribution >= 0.6 is 15.9 Å². The van der Waals surface area contributed by atoms with Crippen molar-refractivity contribution in [2.45, 2.75) is 64.3 Å². The van der Waals surface area contributed by atoms with Gasteiger partial charge in [0.25, 0.3) is 0 Å². The first-order valence-corrected chi connectivity index (χ1v) is 13.5. The number of hydrogen-bond donors (Lipinski definition) is 1. The van der Waals surface area contributed by atoms with E-state index in [1.807, 2.05) is 66.9 Å².